The lowest BCUT2D eigenvalue weighted by Crippen LogP contribution is -2.56. The van der Waals surface area contributed by atoms with Crippen molar-refractivity contribution in [2.75, 3.05) is 13.2 Å². The van der Waals surface area contributed by atoms with Gasteiger partial charge in [-0.05, 0) is 74.1 Å². The summed E-state index contributed by atoms with van der Waals surface area (Å²) < 4.78 is 28.2. The maximum absolute atomic E-state index is 13.4. The minimum atomic E-state index is -0.581. The van der Waals surface area contributed by atoms with Crippen molar-refractivity contribution >= 4 is 6.08 Å². The standard InChI is InChI=1S/C26H25FN2O2.C3H4.C2H6/c27-22-8-10-23(11-9-22)29-24-15-21-7-4-12-26(30-13-14-31-26)25(21,17-20(24)18-28-29)16-19-5-2-1-3-6-19;1-3-2;1-2/h1-3,5-6,8-11,15,18H,4,7,12-14,16-17H2;1H,2H3;1-2H3. The molecule has 1 aliphatic heterocycles. The highest BCUT2D eigenvalue weighted by molar-refractivity contribution is 5.62. The molecule has 6 rings (SSSR count). The van der Waals surface area contributed by atoms with Gasteiger partial charge in [-0.3, -0.25) is 0 Å². The number of benzene rings is 2. The average molecular weight is 487 g/mol. The first-order valence-electron chi connectivity index (χ1n) is 12.8. The van der Waals surface area contributed by atoms with E-state index in [0.29, 0.717) is 13.2 Å². The fourth-order valence-corrected chi connectivity index (χ4v) is 5.78. The van der Waals surface area contributed by atoms with Crippen molar-refractivity contribution in [1.29, 1.82) is 0 Å². The molecule has 2 aliphatic carbocycles. The van der Waals surface area contributed by atoms with Crippen LogP contribution in [0.15, 0.2) is 66.4 Å². The first-order valence-corrected chi connectivity index (χ1v) is 12.8. The molecule has 2 aromatic carbocycles. The van der Waals surface area contributed by atoms with Crippen molar-refractivity contribution in [3.8, 4) is 18.0 Å². The van der Waals surface area contributed by atoms with E-state index in [1.54, 1.807) is 19.1 Å². The monoisotopic (exact) mass is 486 g/mol. The van der Waals surface area contributed by atoms with Gasteiger partial charge in [-0.25, -0.2) is 9.07 Å². The van der Waals surface area contributed by atoms with Crippen LogP contribution in [0.4, 0.5) is 4.39 Å². The second-order valence-electron chi connectivity index (χ2n) is 9.13. The van der Waals surface area contributed by atoms with E-state index in [1.165, 1.54) is 28.8 Å². The Balaban J connectivity index is 0.000000569. The first-order chi connectivity index (χ1) is 17.6. The summed E-state index contributed by atoms with van der Waals surface area (Å²) in [6.45, 7) is 6.94. The third-order valence-electron chi connectivity index (χ3n) is 7.16. The van der Waals surface area contributed by atoms with E-state index in [1.807, 2.05) is 24.7 Å². The number of rotatable bonds is 3. The highest BCUT2D eigenvalue weighted by atomic mass is 19.1. The van der Waals surface area contributed by atoms with Gasteiger partial charge in [0.15, 0.2) is 5.79 Å². The Bertz CT molecular complexity index is 1220. The number of fused-ring (bicyclic) bond motifs is 3. The summed E-state index contributed by atoms with van der Waals surface area (Å²) in [4.78, 5) is 0. The molecule has 1 saturated heterocycles. The molecule has 0 amide bonds. The summed E-state index contributed by atoms with van der Waals surface area (Å²) >= 11 is 0. The fraction of sp³-hybridized carbons (Fsp3) is 0.387. The van der Waals surface area contributed by atoms with E-state index in [9.17, 15) is 4.39 Å². The van der Waals surface area contributed by atoms with Crippen LogP contribution in [0, 0.1) is 23.6 Å². The maximum atomic E-state index is 13.4. The molecule has 1 unspecified atom stereocenters. The lowest BCUT2D eigenvalue weighted by atomic mass is 9.58. The Morgan fingerprint density at radius 2 is 1.72 bits per heavy atom. The van der Waals surface area contributed by atoms with Crippen LogP contribution in [0.2, 0.25) is 0 Å². The van der Waals surface area contributed by atoms with Crippen LogP contribution in [-0.4, -0.2) is 28.8 Å². The van der Waals surface area contributed by atoms with Crippen LogP contribution in [0.1, 0.15) is 56.9 Å². The molecule has 1 atom stereocenters. The van der Waals surface area contributed by atoms with Gasteiger partial charge in [-0.15, -0.1) is 12.3 Å². The molecule has 3 aromatic rings. The van der Waals surface area contributed by atoms with Crippen molar-refractivity contribution in [2.45, 2.75) is 58.7 Å². The Morgan fingerprint density at radius 3 is 2.39 bits per heavy atom. The lowest BCUT2D eigenvalue weighted by molar-refractivity contribution is -0.239. The fourth-order valence-electron chi connectivity index (χ4n) is 5.78. The molecule has 1 saturated carbocycles. The molecule has 0 radical (unpaired) electrons. The average Bonchev–Trinajstić information content (AvgIpc) is 3.54. The van der Waals surface area contributed by atoms with Crippen LogP contribution < -0.4 is 0 Å². The van der Waals surface area contributed by atoms with Crippen molar-refractivity contribution in [2.24, 2.45) is 5.41 Å². The molecule has 2 fully saturated rings. The molecular formula is C31H35FN2O2. The van der Waals surface area contributed by atoms with E-state index >= 15 is 0 Å². The predicted molar refractivity (Wildman–Crippen MR) is 142 cm³/mol. The van der Waals surface area contributed by atoms with Crippen molar-refractivity contribution in [1.82, 2.24) is 9.78 Å². The minimum Gasteiger partial charge on any atom is -0.347 e. The summed E-state index contributed by atoms with van der Waals surface area (Å²) in [5.41, 5.74) is 5.56. The summed E-state index contributed by atoms with van der Waals surface area (Å²) in [6, 6.07) is 17.2. The Kier molecular flexibility index (Phi) is 8.08. The van der Waals surface area contributed by atoms with Crippen LogP contribution in [0.3, 0.4) is 0 Å². The van der Waals surface area contributed by atoms with Gasteiger partial charge in [0.05, 0.1) is 36.2 Å². The van der Waals surface area contributed by atoms with E-state index in [-0.39, 0.29) is 11.2 Å². The normalized spacial score (nSPS) is 21.0. The smallest absolute Gasteiger partial charge is 0.178 e. The summed E-state index contributed by atoms with van der Waals surface area (Å²) in [5, 5.41) is 4.68. The number of ether oxygens (including phenoxy) is 2. The molecule has 4 nitrogen and oxygen atoms in total. The van der Waals surface area contributed by atoms with E-state index in [2.05, 4.69) is 53.9 Å². The Hall–Kier alpha value is -3.20. The summed E-state index contributed by atoms with van der Waals surface area (Å²) in [5.74, 6) is 1.43. The summed E-state index contributed by atoms with van der Waals surface area (Å²) in [6.07, 6.45) is 13.5. The lowest BCUT2D eigenvalue weighted by Gasteiger charge is -2.53. The second kappa shape index (κ2) is 11.2. The zero-order chi connectivity index (χ0) is 25.6. The van der Waals surface area contributed by atoms with E-state index < -0.39 is 5.79 Å². The Morgan fingerprint density at radius 1 is 1.06 bits per heavy atom. The highest BCUT2D eigenvalue weighted by Gasteiger charge is 2.60. The predicted octanol–water partition coefficient (Wildman–Crippen LogP) is 6.77. The van der Waals surface area contributed by atoms with Crippen LogP contribution in [0.25, 0.3) is 11.8 Å². The van der Waals surface area contributed by atoms with Crippen LogP contribution >= 0.6 is 0 Å². The summed E-state index contributed by atoms with van der Waals surface area (Å²) in [7, 11) is 0. The quantitative estimate of drug-likeness (QED) is 0.383. The van der Waals surface area contributed by atoms with Crippen molar-refractivity contribution in [3.05, 3.63) is 89.0 Å². The zero-order valence-electron chi connectivity index (χ0n) is 21.5. The molecular weight excluding hydrogens is 451 g/mol. The molecule has 1 spiro atoms. The van der Waals surface area contributed by atoms with Gasteiger partial charge >= 0.3 is 0 Å². The number of halogens is 1. The minimum absolute atomic E-state index is 0.241. The molecule has 2 heterocycles. The van der Waals surface area contributed by atoms with Gasteiger partial charge in [-0.1, -0.05) is 49.8 Å². The van der Waals surface area contributed by atoms with Gasteiger partial charge in [-0.2, -0.15) is 5.10 Å². The topological polar surface area (TPSA) is 36.3 Å². The first kappa shape index (κ1) is 25.9. The molecule has 5 heteroatoms. The number of aromatic nitrogens is 2. The third-order valence-corrected chi connectivity index (χ3v) is 7.16. The number of nitrogens with zero attached hydrogens (tertiary/aromatic N) is 2. The number of hydrogen-bond donors (Lipinski definition) is 0. The molecule has 0 bridgehead atoms. The SMILES string of the molecule is C#CC.CC.Fc1ccc(-n2ncc3c2C=C2CCCC4(OCCO4)C2(Cc2ccccc2)C3)cc1. The van der Waals surface area contributed by atoms with Gasteiger partial charge in [0.1, 0.15) is 5.82 Å². The van der Waals surface area contributed by atoms with Gasteiger partial charge in [0.25, 0.3) is 0 Å². The Labute approximate surface area is 214 Å². The molecule has 0 N–H and O–H groups in total. The zero-order valence-corrected chi connectivity index (χ0v) is 21.5. The van der Waals surface area contributed by atoms with E-state index in [4.69, 9.17) is 9.47 Å². The van der Waals surface area contributed by atoms with Crippen molar-refractivity contribution in [3.63, 3.8) is 0 Å². The number of hydrogen-bond acceptors (Lipinski definition) is 3. The largest absolute Gasteiger partial charge is 0.347 e. The highest BCUT2D eigenvalue weighted by Crippen LogP contribution is 2.58. The number of terminal acetylenes is 1. The van der Waals surface area contributed by atoms with Gasteiger partial charge in [0.2, 0.25) is 0 Å². The van der Waals surface area contributed by atoms with Gasteiger partial charge in [0, 0.05) is 6.42 Å². The van der Waals surface area contributed by atoms with Crippen LogP contribution in [-0.2, 0) is 22.3 Å². The van der Waals surface area contributed by atoms with Gasteiger partial charge < -0.3 is 9.47 Å². The molecule has 36 heavy (non-hydrogen) atoms. The maximum Gasteiger partial charge on any atom is 0.178 e. The second-order valence-corrected chi connectivity index (χ2v) is 9.13. The molecule has 1 aromatic heterocycles. The van der Waals surface area contributed by atoms with Crippen LogP contribution in [0.5, 0.6) is 0 Å². The van der Waals surface area contributed by atoms with E-state index in [0.717, 1.165) is 43.5 Å². The van der Waals surface area contributed by atoms with Crippen molar-refractivity contribution < 1.29 is 13.9 Å². The third kappa shape index (κ3) is 4.64. The molecule has 3 aliphatic rings. The molecule has 188 valence electrons.